The predicted octanol–water partition coefficient (Wildman–Crippen LogP) is 0.190. The van der Waals surface area contributed by atoms with Crippen LogP contribution in [0.1, 0.15) is 6.42 Å². The van der Waals surface area contributed by atoms with Crippen molar-refractivity contribution >= 4 is 33.3 Å². The number of rotatable bonds is 3. The molecule has 100 valence electrons. The molecule has 0 saturated carbocycles. The van der Waals surface area contributed by atoms with Crippen molar-refractivity contribution in [1.29, 1.82) is 0 Å². The molecule has 1 saturated heterocycles. The van der Waals surface area contributed by atoms with Crippen LogP contribution in [0.15, 0.2) is 0 Å². The van der Waals surface area contributed by atoms with Crippen LogP contribution in [0.4, 0.5) is 11.9 Å². The van der Waals surface area contributed by atoms with Crippen molar-refractivity contribution in [3.63, 3.8) is 0 Å². The molecule has 18 heavy (non-hydrogen) atoms. The van der Waals surface area contributed by atoms with E-state index >= 15 is 0 Å². The molecule has 0 spiro atoms. The Bertz CT molecular complexity index is 548. The molecule has 1 atom stereocenters. The lowest BCUT2D eigenvalue weighted by molar-refractivity contribution is 0.602. The van der Waals surface area contributed by atoms with E-state index in [2.05, 4.69) is 20.3 Å². The minimum absolute atomic E-state index is 0.0806. The fourth-order valence-corrected chi connectivity index (χ4v) is 3.52. The molecule has 0 aliphatic carbocycles. The maximum absolute atomic E-state index is 11.3. The summed E-state index contributed by atoms with van der Waals surface area (Å²) in [5.74, 6) is 1.04. The van der Waals surface area contributed by atoms with E-state index in [1.54, 1.807) is 19.0 Å². The lowest BCUT2D eigenvalue weighted by Gasteiger charge is -2.14. The van der Waals surface area contributed by atoms with E-state index in [9.17, 15) is 8.42 Å². The summed E-state index contributed by atoms with van der Waals surface area (Å²) in [6.45, 7) is 0. The maximum atomic E-state index is 11.3. The third-order valence-electron chi connectivity index (χ3n) is 2.56. The van der Waals surface area contributed by atoms with Gasteiger partial charge in [0.25, 0.3) is 0 Å². The van der Waals surface area contributed by atoms with Crippen LogP contribution in [0.2, 0.25) is 5.28 Å². The number of hydrogen-bond donors (Lipinski definition) is 1. The number of anilines is 2. The molecule has 0 bridgehead atoms. The monoisotopic (exact) mass is 291 g/mol. The lowest BCUT2D eigenvalue weighted by atomic mass is 10.3. The number of aromatic nitrogens is 3. The summed E-state index contributed by atoms with van der Waals surface area (Å²) < 4.78 is 22.7. The van der Waals surface area contributed by atoms with Gasteiger partial charge in [-0.05, 0) is 18.0 Å². The summed E-state index contributed by atoms with van der Waals surface area (Å²) in [5, 5.41) is 3.06. The number of nitrogens with one attached hydrogen (secondary N) is 1. The van der Waals surface area contributed by atoms with Crippen LogP contribution >= 0.6 is 11.6 Å². The average molecular weight is 292 g/mol. The van der Waals surface area contributed by atoms with Crippen molar-refractivity contribution in [2.75, 3.05) is 35.8 Å². The van der Waals surface area contributed by atoms with Gasteiger partial charge in [-0.1, -0.05) is 0 Å². The van der Waals surface area contributed by atoms with Gasteiger partial charge in [0.15, 0.2) is 9.84 Å². The van der Waals surface area contributed by atoms with E-state index in [-0.39, 0.29) is 22.8 Å². The molecule has 1 unspecified atom stereocenters. The number of hydrogen-bond acceptors (Lipinski definition) is 7. The summed E-state index contributed by atoms with van der Waals surface area (Å²) in [6.07, 6.45) is 0.558. The third-order valence-corrected chi connectivity index (χ3v) is 4.50. The smallest absolute Gasteiger partial charge is 0.230 e. The van der Waals surface area contributed by atoms with E-state index < -0.39 is 9.84 Å². The Morgan fingerprint density at radius 1 is 1.33 bits per heavy atom. The van der Waals surface area contributed by atoms with Crippen molar-refractivity contribution in [3.8, 4) is 0 Å². The van der Waals surface area contributed by atoms with Gasteiger partial charge in [-0.2, -0.15) is 15.0 Å². The van der Waals surface area contributed by atoms with Gasteiger partial charge in [-0.3, -0.25) is 0 Å². The number of halogens is 1. The van der Waals surface area contributed by atoms with Gasteiger partial charge in [0.2, 0.25) is 17.2 Å². The molecule has 1 fully saturated rings. The second kappa shape index (κ2) is 4.85. The summed E-state index contributed by atoms with van der Waals surface area (Å²) in [7, 11) is 0.645. The first-order valence-electron chi connectivity index (χ1n) is 5.41. The van der Waals surface area contributed by atoms with E-state index in [1.165, 1.54) is 0 Å². The first-order valence-corrected chi connectivity index (χ1v) is 7.61. The SMILES string of the molecule is CN(C)c1nc(Cl)nc(NC2CCS(=O)(=O)C2)n1. The first kappa shape index (κ1) is 13.3. The molecule has 1 aliphatic rings. The summed E-state index contributed by atoms with van der Waals surface area (Å²) in [5.41, 5.74) is 0. The minimum atomic E-state index is -2.93. The zero-order valence-corrected chi connectivity index (χ0v) is 11.7. The van der Waals surface area contributed by atoms with Crippen molar-refractivity contribution in [3.05, 3.63) is 5.28 Å². The van der Waals surface area contributed by atoms with Gasteiger partial charge in [-0.25, -0.2) is 8.42 Å². The van der Waals surface area contributed by atoms with Crippen LogP contribution in [0, 0.1) is 0 Å². The van der Waals surface area contributed by atoms with Gasteiger partial charge >= 0.3 is 0 Å². The van der Waals surface area contributed by atoms with Gasteiger partial charge in [0, 0.05) is 20.1 Å². The van der Waals surface area contributed by atoms with E-state index in [0.29, 0.717) is 18.3 Å². The molecule has 0 aromatic carbocycles. The minimum Gasteiger partial charge on any atom is -0.350 e. The first-order chi connectivity index (χ1) is 8.35. The number of sulfone groups is 1. The molecule has 2 rings (SSSR count). The predicted molar refractivity (Wildman–Crippen MR) is 69.8 cm³/mol. The van der Waals surface area contributed by atoms with E-state index in [0.717, 1.165) is 0 Å². The Kier molecular flexibility index (Phi) is 3.58. The van der Waals surface area contributed by atoms with E-state index in [1.807, 2.05) is 0 Å². The molecule has 1 N–H and O–H groups in total. The Morgan fingerprint density at radius 2 is 2.06 bits per heavy atom. The van der Waals surface area contributed by atoms with Crippen molar-refractivity contribution in [1.82, 2.24) is 15.0 Å². The van der Waals surface area contributed by atoms with Crippen LogP contribution < -0.4 is 10.2 Å². The molecular formula is C9H14ClN5O2S. The Hall–Kier alpha value is -1.15. The quantitative estimate of drug-likeness (QED) is 0.850. The summed E-state index contributed by atoms with van der Waals surface area (Å²) in [6, 6.07) is -0.163. The zero-order chi connectivity index (χ0) is 13.3. The molecule has 1 aliphatic heterocycles. The van der Waals surface area contributed by atoms with Crippen LogP contribution in [0.5, 0.6) is 0 Å². The molecular weight excluding hydrogens is 278 g/mol. The lowest BCUT2D eigenvalue weighted by Crippen LogP contribution is -2.23. The second-order valence-electron chi connectivity index (χ2n) is 4.37. The summed E-state index contributed by atoms with van der Waals surface area (Å²) in [4.78, 5) is 13.7. The fraction of sp³-hybridized carbons (Fsp3) is 0.667. The third kappa shape index (κ3) is 3.20. The standard InChI is InChI=1S/C9H14ClN5O2S/c1-15(2)9-13-7(10)12-8(14-9)11-6-3-4-18(16,17)5-6/h6H,3-5H2,1-2H3,(H,11,12,13,14). The van der Waals surface area contributed by atoms with Gasteiger partial charge in [0.05, 0.1) is 11.5 Å². The Labute approximate surface area is 111 Å². The van der Waals surface area contributed by atoms with Crippen LogP contribution in [-0.4, -0.2) is 55.0 Å². The van der Waals surface area contributed by atoms with Crippen molar-refractivity contribution < 1.29 is 8.42 Å². The topological polar surface area (TPSA) is 88.1 Å². The maximum Gasteiger partial charge on any atom is 0.230 e. The molecule has 2 heterocycles. The molecule has 9 heteroatoms. The Balaban J connectivity index is 2.15. The molecule has 7 nitrogen and oxygen atoms in total. The highest BCUT2D eigenvalue weighted by atomic mass is 35.5. The largest absolute Gasteiger partial charge is 0.350 e. The molecule has 0 amide bonds. The Morgan fingerprint density at radius 3 is 2.61 bits per heavy atom. The average Bonchev–Trinajstić information content (AvgIpc) is 2.57. The van der Waals surface area contributed by atoms with Crippen LogP contribution in [-0.2, 0) is 9.84 Å². The highest BCUT2D eigenvalue weighted by Gasteiger charge is 2.28. The fourth-order valence-electron chi connectivity index (χ4n) is 1.70. The molecule has 0 radical (unpaired) electrons. The van der Waals surface area contributed by atoms with Crippen LogP contribution in [0.25, 0.3) is 0 Å². The highest BCUT2D eigenvalue weighted by Crippen LogP contribution is 2.17. The summed E-state index contributed by atoms with van der Waals surface area (Å²) >= 11 is 5.79. The van der Waals surface area contributed by atoms with E-state index in [4.69, 9.17) is 11.6 Å². The van der Waals surface area contributed by atoms with Gasteiger partial charge in [0.1, 0.15) is 0 Å². The van der Waals surface area contributed by atoms with Gasteiger partial charge < -0.3 is 10.2 Å². The van der Waals surface area contributed by atoms with Crippen molar-refractivity contribution in [2.45, 2.75) is 12.5 Å². The van der Waals surface area contributed by atoms with Crippen molar-refractivity contribution in [2.24, 2.45) is 0 Å². The van der Waals surface area contributed by atoms with Gasteiger partial charge in [-0.15, -0.1) is 0 Å². The zero-order valence-electron chi connectivity index (χ0n) is 10.1. The second-order valence-corrected chi connectivity index (χ2v) is 6.93. The molecule has 1 aromatic rings. The molecule has 1 aromatic heterocycles. The highest BCUT2D eigenvalue weighted by molar-refractivity contribution is 7.91. The number of nitrogens with zero attached hydrogens (tertiary/aromatic N) is 4. The van der Waals surface area contributed by atoms with Crippen LogP contribution in [0.3, 0.4) is 0 Å². The normalized spacial score (nSPS) is 21.8.